The molecule has 2 aromatic carbocycles. The first kappa shape index (κ1) is 21.7. The van der Waals surface area contributed by atoms with Crippen molar-refractivity contribution in [1.29, 1.82) is 0 Å². The second kappa shape index (κ2) is 8.36. The highest BCUT2D eigenvalue weighted by atomic mass is 16.3. The number of aliphatic hydroxyl groups excluding tert-OH is 1. The zero-order valence-electron chi connectivity index (χ0n) is 19.0. The quantitative estimate of drug-likeness (QED) is 0.461. The van der Waals surface area contributed by atoms with Crippen LogP contribution in [0.25, 0.3) is 21.7 Å². The third kappa shape index (κ3) is 4.05. The van der Waals surface area contributed by atoms with Crippen LogP contribution in [0.2, 0.25) is 0 Å². The van der Waals surface area contributed by atoms with E-state index in [1.54, 1.807) is 30.9 Å². The molecule has 0 saturated heterocycles. The lowest BCUT2D eigenvalue weighted by atomic mass is 9.92. The number of aromatic nitrogens is 3. The number of aliphatic hydroxyl groups is 2. The van der Waals surface area contributed by atoms with Gasteiger partial charge in [0.25, 0.3) is 5.56 Å². The summed E-state index contributed by atoms with van der Waals surface area (Å²) in [6, 6.07) is 13.6. The summed E-state index contributed by atoms with van der Waals surface area (Å²) >= 11 is 0. The summed E-state index contributed by atoms with van der Waals surface area (Å²) in [5.41, 5.74) is 2.24. The summed E-state index contributed by atoms with van der Waals surface area (Å²) in [6.07, 6.45) is 6.97. The Hall–Kier alpha value is -3.09. The van der Waals surface area contributed by atoms with Gasteiger partial charge in [-0.3, -0.25) is 14.3 Å². The minimum Gasteiger partial charge on any atom is -0.391 e. The molecule has 4 aromatic rings. The fourth-order valence-electron chi connectivity index (χ4n) is 4.96. The molecule has 0 radical (unpaired) electrons. The molecule has 170 valence electrons. The van der Waals surface area contributed by atoms with Gasteiger partial charge in [-0.25, -0.2) is 4.98 Å². The lowest BCUT2D eigenvalue weighted by Crippen LogP contribution is -2.34. The van der Waals surface area contributed by atoms with Crippen LogP contribution in [0.5, 0.6) is 0 Å². The van der Waals surface area contributed by atoms with Crippen LogP contribution in [0.4, 0.5) is 0 Å². The first-order valence-corrected chi connectivity index (χ1v) is 11.6. The summed E-state index contributed by atoms with van der Waals surface area (Å²) in [5.74, 6) is 0. The number of benzene rings is 2. The normalized spacial score (nSPS) is 19.3. The van der Waals surface area contributed by atoms with Crippen molar-refractivity contribution in [2.24, 2.45) is 0 Å². The molecule has 0 aliphatic heterocycles. The molecule has 1 aliphatic rings. The van der Waals surface area contributed by atoms with E-state index in [1.807, 2.05) is 36.4 Å². The average molecular weight is 444 g/mol. The average Bonchev–Trinajstić information content (AvgIpc) is 2.80. The molecule has 0 unspecified atom stereocenters. The van der Waals surface area contributed by atoms with Gasteiger partial charge in [0, 0.05) is 11.6 Å². The fourth-order valence-corrected chi connectivity index (χ4v) is 4.96. The Morgan fingerprint density at radius 2 is 1.79 bits per heavy atom. The zero-order chi connectivity index (χ0) is 23.2. The SMILES string of the molecule is CC(C)(O)c1ccc(Cc2cc3c(=O)n([C@H]4CCCC[C@@H]4O)cnc3c3ccccc23)cn1. The molecular weight excluding hydrogens is 414 g/mol. The Bertz CT molecular complexity index is 1370. The third-order valence-electron chi connectivity index (χ3n) is 6.78. The zero-order valence-corrected chi connectivity index (χ0v) is 19.0. The van der Waals surface area contributed by atoms with Crippen LogP contribution in [0.3, 0.4) is 0 Å². The highest BCUT2D eigenvalue weighted by molar-refractivity contribution is 6.06. The molecule has 0 bridgehead atoms. The molecule has 1 fully saturated rings. The van der Waals surface area contributed by atoms with E-state index in [0.29, 0.717) is 29.4 Å². The molecule has 2 atom stereocenters. The van der Waals surface area contributed by atoms with Gasteiger partial charge in [0.15, 0.2) is 0 Å². The van der Waals surface area contributed by atoms with Crippen LogP contribution in [0.1, 0.15) is 62.4 Å². The van der Waals surface area contributed by atoms with Crippen LogP contribution >= 0.6 is 0 Å². The highest BCUT2D eigenvalue weighted by Gasteiger charge is 2.26. The van der Waals surface area contributed by atoms with Crippen molar-refractivity contribution in [2.75, 3.05) is 0 Å². The predicted octanol–water partition coefficient (Wildman–Crippen LogP) is 4.24. The van der Waals surface area contributed by atoms with E-state index in [2.05, 4.69) is 16.0 Å². The van der Waals surface area contributed by atoms with Crippen molar-refractivity contribution in [2.45, 2.75) is 63.7 Å². The van der Waals surface area contributed by atoms with Crippen molar-refractivity contribution >= 4 is 21.7 Å². The van der Waals surface area contributed by atoms with Gasteiger partial charge < -0.3 is 10.2 Å². The van der Waals surface area contributed by atoms with E-state index in [0.717, 1.165) is 41.2 Å². The maximum absolute atomic E-state index is 13.5. The molecular formula is C27H29N3O3. The number of hydrogen-bond acceptors (Lipinski definition) is 5. The van der Waals surface area contributed by atoms with E-state index in [-0.39, 0.29) is 11.6 Å². The van der Waals surface area contributed by atoms with Crippen LogP contribution in [0.15, 0.2) is 59.8 Å². The number of rotatable bonds is 4. The molecule has 33 heavy (non-hydrogen) atoms. The molecule has 2 N–H and O–H groups in total. The molecule has 6 nitrogen and oxygen atoms in total. The van der Waals surface area contributed by atoms with Crippen molar-refractivity contribution in [3.8, 4) is 0 Å². The Morgan fingerprint density at radius 3 is 2.48 bits per heavy atom. The standard InChI is InChI=1S/C27H29N3O3/c1-27(2,33)24-12-11-17(15-28-24)13-18-14-21-25(20-8-4-3-7-19(18)20)29-16-30(26(21)32)22-9-5-6-10-23(22)31/h3-4,7-8,11-12,14-16,22-23,31,33H,5-6,9-10,13H2,1-2H3/t22-,23-/m0/s1. The first-order chi connectivity index (χ1) is 15.8. The van der Waals surface area contributed by atoms with E-state index >= 15 is 0 Å². The summed E-state index contributed by atoms with van der Waals surface area (Å²) in [4.78, 5) is 22.7. The first-order valence-electron chi connectivity index (χ1n) is 11.6. The summed E-state index contributed by atoms with van der Waals surface area (Å²) in [7, 11) is 0. The molecule has 6 heteroatoms. The summed E-state index contributed by atoms with van der Waals surface area (Å²) in [5, 5.41) is 23.3. The smallest absolute Gasteiger partial charge is 0.261 e. The lowest BCUT2D eigenvalue weighted by Gasteiger charge is -2.29. The minimum absolute atomic E-state index is 0.103. The van der Waals surface area contributed by atoms with Crippen molar-refractivity contribution in [3.05, 3.63) is 82.2 Å². The molecule has 0 amide bonds. The Labute approximate surface area is 192 Å². The van der Waals surface area contributed by atoms with E-state index in [1.165, 1.54) is 0 Å². The number of nitrogens with zero attached hydrogens (tertiary/aromatic N) is 3. The Kier molecular flexibility index (Phi) is 5.51. The Balaban J connectivity index is 1.63. The van der Waals surface area contributed by atoms with Crippen molar-refractivity contribution < 1.29 is 10.2 Å². The van der Waals surface area contributed by atoms with Gasteiger partial charge in [0.05, 0.1) is 35.1 Å². The molecule has 2 aromatic heterocycles. The molecule has 1 aliphatic carbocycles. The molecule has 2 heterocycles. The van der Waals surface area contributed by atoms with E-state index < -0.39 is 11.7 Å². The molecule has 1 saturated carbocycles. The van der Waals surface area contributed by atoms with Crippen LogP contribution < -0.4 is 5.56 Å². The van der Waals surface area contributed by atoms with Gasteiger partial charge in [-0.05, 0) is 61.8 Å². The van der Waals surface area contributed by atoms with Crippen molar-refractivity contribution in [1.82, 2.24) is 14.5 Å². The minimum atomic E-state index is -0.991. The highest BCUT2D eigenvalue weighted by Crippen LogP contribution is 2.30. The van der Waals surface area contributed by atoms with Gasteiger partial charge in [-0.1, -0.05) is 43.2 Å². The topological polar surface area (TPSA) is 88.2 Å². The van der Waals surface area contributed by atoms with Gasteiger partial charge in [0.1, 0.15) is 5.60 Å². The van der Waals surface area contributed by atoms with Gasteiger partial charge in [-0.2, -0.15) is 0 Å². The molecule has 0 spiro atoms. The Morgan fingerprint density at radius 1 is 1.03 bits per heavy atom. The molecule has 5 rings (SSSR count). The second-order valence-corrected chi connectivity index (χ2v) is 9.64. The van der Waals surface area contributed by atoms with Crippen LogP contribution in [-0.4, -0.2) is 30.9 Å². The van der Waals surface area contributed by atoms with Crippen LogP contribution in [0, 0.1) is 0 Å². The van der Waals surface area contributed by atoms with Crippen molar-refractivity contribution in [3.63, 3.8) is 0 Å². The third-order valence-corrected chi connectivity index (χ3v) is 6.78. The lowest BCUT2D eigenvalue weighted by molar-refractivity contribution is 0.0733. The number of hydrogen-bond donors (Lipinski definition) is 2. The second-order valence-electron chi connectivity index (χ2n) is 9.64. The fraction of sp³-hybridized carbons (Fsp3) is 0.370. The number of fused-ring (bicyclic) bond motifs is 3. The number of pyridine rings is 1. The van der Waals surface area contributed by atoms with Gasteiger partial charge in [0.2, 0.25) is 0 Å². The summed E-state index contributed by atoms with van der Waals surface area (Å²) in [6.45, 7) is 3.43. The monoisotopic (exact) mass is 443 g/mol. The van der Waals surface area contributed by atoms with Gasteiger partial charge >= 0.3 is 0 Å². The van der Waals surface area contributed by atoms with E-state index in [4.69, 9.17) is 0 Å². The van der Waals surface area contributed by atoms with Crippen LogP contribution in [-0.2, 0) is 12.0 Å². The maximum Gasteiger partial charge on any atom is 0.261 e. The summed E-state index contributed by atoms with van der Waals surface area (Å²) < 4.78 is 1.63. The largest absolute Gasteiger partial charge is 0.391 e. The van der Waals surface area contributed by atoms with E-state index in [9.17, 15) is 15.0 Å². The maximum atomic E-state index is 13.5. The van der Waals surface area contributed by atoms with Gasteiger partial charge in [-0.15, -0.1) is 0 Å². The predicted molar refractivity (Wildman–Crippen MR) is 129 cm³/mol.